The van der Waals surface area contributed by atoms with Crippen molar-refractivity contribution in [1.82, 2.24) is 4.57 Å². The van der Waals surface area contributed by atoms with Crippen molar-refractivity contribution in [3.05, 3.63) is 127 Å². The average Bonchev–Trinajstić information content (AvgIpc) is 3.23. The van der Waals surface area contributed by atoms with Gasteiger partial charge in [-0.05, 0) is 24.1 Å². The van der Waals surface area contributed by atoms with Gasteiger partial charge in [0.15, 0.2) is 11.4 Å². The van der Waals surface area contributed by atoms with Gasteiger partial charge in [0.1, 0.15) is 6.54 Å². The molecule has 1 aromatic heterocycles. The van der Waals surface area contributed by atoms with E-state index >= 15 is 0 Å². The molecule has 1 heterocycles. The molecule has 5 aromatic rings. The van der Waals surface area contributed by atoms with Crippen LogP contribution in [0.25, 0.3) is 33.9 Å². The minimum absolute atomic E-state index is 0.814. The van der Waals surface area contributed by atoms with Crippen molar-refractivity contribution >= 4 is 0 Å². The van der Waals surface area contributed by atoms with Gasteiger partial charge >= 0.3 is 0 Å². The number of benzene rings is 4. The minimum atomic E-state index is 0.814. The second-order valence-electron chi connectivity index (χ2n) is 8.70. The van der Waals surface area contributed by atoms with E-state index in [1.807, 2.05) is 0 Å². The maximum atomic E-state index is 2.55. The summed E-state index contributed by atoms with van der Waals surface area (Å²) in [4.78, 5) is 0. The number of nitrogens with zero attached hydrogens (tertiary/aromatic N) is 2. The maximum Gasteiger partial charge on any atom is 0.290 e. The lowest BCUT2D eigenvalue weighted by Crippen LogP contribution is -2.38. The van der Waals surface area contributed by atoms with Gasteiger partial charge in [-0.3, -0.25) is 0 Å². The van der Waals surface area contributed by atoms with Crippen LogP contribution in [0.4, 0.5) is 0 Å². The minimum Gasteiger partial charge on any atom is -0.222 e. The van der Waals surface area contributed by atoms with Crippen molar-refractivity contribution in [1.29, 1.82) is 0 Å². The van der Waals surface area contributed by atoms with E-state index < -0.39 is 0 Å². The molecule has 0 N–H and O–H groups in total. The maximum absolute atomic E-state index is 2.55. The smallest absolute Gasteiger partial charge is 0.222 e. The topological polar surface area (TPSA) is 8.81 Å². The van der Waals surface area contributed by atoms with Crippen LogP contribution in [0, 0.1) is 0 Å². The second kappa shape index (κ2) is 10.4. The molecule has 34 heavy (non-hydrogen) atoms. The zero-order chi connectivity index (χ0) is 23.2. The summed E-state index contributed by atoms with van der Waals surface area (Å²) < 4.78 is 5.08. The van der Waals surface area contributed by atoms with E-state index in [2.05, 4.69) is 137 Å². The zero-order valence-electron chi connectivity index (χ0n) is 19.8. The van der Waals surface area contributed by atoms with Gasteiger partial charge in [0.25, 0.3) is 5.82 Å². The van der Waals surface area contributed by atoms with Crippen LogP contribution in [-0.2, 0) is 13.1 Å². The summed E-state index contributed by atoms with van der Waals surface area (Å²) in [6, 6.07) is 43.4. The highest BCUT2D eigenvalue weighted by molar-refractivity contribution is 5.79. The number of imidazole rings is 1. The molecule has 0 spiro atoms. The standard InChI is InChI=1S/C32H31N2/c1-2-3-24-33-30(27-18-10-5-11-19-27)31(28-20-12-6-13-21-28)34(25-26-16-8-4-9-17-26)32(33)29-22-14-7-15-23-29/h4-23H,2-3,24-25H2,1H3/q+1. The number of aromatic nitrogens is 2. The van der Waals surface area contributed by atoms with E-state index in [4.69, 9.17) is 0 Å². The number of rotatable bonds is 8. The average molecular weight is 444 g/mol. The molecule has 0 aliphatic rings. The molecule has 0 fully saturated rings. The molecule has 0 saturated heterocycles. The summed E-state index contributed by atoms with van der Waals surface area (Å²) >= 11 is 0. The van der Waals surface area contributed by atoms with E-state index in [0.717, 1.165) is 25.9 Å². The quantitative estimate of drug-likeness (QED) is 0.218. The molecule has 0 aliphatic carbocycles. The van der Waals surface area contributed by atoms with Crippen molar-refractivity contribution in [3.63, 3.8) is 0 Å². The Kier molecular flexibility index (Phi) is 6.67. The Morgan fingerprint density at radius 2 is 1.09 bits per heavy atom. The first-order valence-corrected chi connectivity index (χ1v) is 12.2. The third-order valence-electron chi connectivity index (χ3n) is 6.32. The van der Waals surface area contributed by atoms with E-state index in [0.29, 0.717) is 0 Å². The van der Waals surface area contributed by atoms with Crippen LogP contribution in [-0.4, -0.2) is 4.57 Å². The highest BCUT2D eigenvalue weighted by Gasteiger charge is 2.33. The number of unbranched alkanes of at least 4 members (excludes halogenated alkanes) is 1. The Hall–Kier alpha value is -3.91. The zero-order valence-corrected chi connectivity index (χ0v) is 19.8. The molecule has 0 unspecified atom stereocenters. The van der Waals surface area contributed by atoms with Gasteiger partial charge < -0.3 is 0 Å². The van der Waals surface area contributed by atoms with E-state index in [1.165, 1.54) is 39.5 Å². The lowest BCUT2D eigenvalue weighted by Gasteiger charge is -2.07. The van der Waals surface area contributed by atoms with Crippen molar-refractivity contribution in [3.8, 4) is 33.9 Å². The molecule has 0 aliphatic heterocycles. The first-order valence-electron chi connectivity index (χ1n) is 12.2. The largest absolute Gasteiger partial charge is 0.290 e. The number of hydrogen-bond acceptors (Lipinski definition) is 0. The fraction of sp³-hybridized carbons (Fsp3) is 0.156. The van der Waals surface area contributed by atoms with Gasteiger partial charge in [0, 0.05) is 11.1 Å². The third kappa shape index (κ3) is 4.45. The van der Waals surface area contributed by atoms with Crippen molar-refractivity contribution in [2.45, 2.75) is 32.9 Å². The van der Waals surface area contributed by atoms with Crippen LogP contribution < -0.4 is 4.57 Å². The summed E-state index contributed by atoms with van der Waals surface area (Å²) in [6.45, 7) is 4.06. The molecular formula is C32H31N2+. The Balaban J connectivity index is 1.88. The molecular weight excluding hydrogens is 412 g/mol. The van der Waals surface area contributed by atoms with Crippen LogP contribution in [0.15, 0.2) is 121 Å². The molecule has 0 saturated carbocycles. The Morgan fingerprint density at radius 1 is 0.588 bits per heavy atom. The second-order valence-corrected chi connectivity index (χ2v) is 8.70. The van der Waals surface area contributed by atoms with Crippen LogP contribution in [0.5, 0.6) is 0 Å². The lowest BCUT2D eigenvalue weighted by atomic mass is 10.0. The Labute approximate surface area is 202 Å². The predicted octanol–water partition coefficient (Wildman–Crippen LogP) is 7.63. The highest BCUT2D eigenvalue weighted by Crippen LogP contribution is 2.35. The fourth-order valence-corrected chi connectivity index (χ4v) is 4.74. The van der Waals surface area contributed by atoms with Crippen molar-refractivity contribution in [2.24, 2.45) is 0 Å². The van der Waals surface area contributed by atoms with Gasteiger partial charge in [-0.15, -0.1) is 0 Å². The van der Waals surface area contributed by atoms with Gasteiger partial charge in [-0.2, -0.15) is 0 Å². The van der Waals surface area contributed by atoms with Gasteiger partial charge in [-0.1, -0.05) is 123 Å². The van der Waals surface area contributed by atoms with Crippen LogP contribution in [0.2, 0.25) is 0 Å². The number of hydrogen-bond donors (Lipinski definition) is 0. The molecule has 0 radical (unpaired) electrons. The monoisotopic (exact) mass is 443 g/mol. The summed E-state index contributed by atoms with van der Waals surface area (Å²) in [7, 11) is 0. The van der Waals surface area contributed by atoms with E-state index in [-0.39, 0.29) is 0 Å². The molecule has 0 atom stereocenters. The van der Waals surface area contributed by atoms with Gasteiger partial charge in [0.2, 0.25) is 0 Å². The molecule has 2 nitrogen and oxygen atoms in total. The molecule has 5 rings (SSSR count). The Morgan fingerprint density at radius 3 is 1.65 bits per heavy atom. The predicted molar refractivity (Wildman–Crippen MR) is 141 cm³/mol. The summed E-state index contributed by atoms with van der Waals surface area (Å²) in [5.74, 6) is 1.26. The molecule has 168 valence electrons. The van der Waals surface area contributed by atoms with Gasteiger partial charge in [-0.25, -0.2) is 9.13 Å². The summed E-state index contributed by atoms with van der Waals surface area (Å²) in [5, 5.41) is 0. The van der Waals surface area contributed by atoms with Crippen molar-refractivity contribution in [2.75, 3.05) is 0 Å². The first kappa shape index (κ1) is 21.9. The summed E-state index contributed by atoms with van der Waals surface area (Å²) in [5.41, 5.74) is 7.59. The molecule has 4 aromatic carbocycles. The van der Waals surface area contributed by atoms with Crippen molar-refractivity contribution < 1.29 is 4.57 Å². The SMILES string of the molecule is CCCCn1c(-c2ccccc2)c(-c2ccccc2)[n+](Cc2ccccc2)c1-c1ccccc1. The third-order valence-corrected chi connectivity index (χ3v) is 6.32. The Bertz CT molecular complexity index is 1320. The molecule has 0 bridgehead atoms. The molecule has 0 amide bonds. The van der Waals surface area contributed by atoms with Gasteiger partial charge in [0.05, 0.1) is 12.1 Å². The van der Waals surface area contributed by atoms with Crippen LogP contribution in [0.3, 0.4) is 0 Å². The van der Waals surface area contributed by atoms with E-state index in [1.54, 1.807) is 0 Å². The van der Waals surface area contributed by atoms with E-state index in [9.17, 15) is 0 Å². The lowest BCUT2D eigenvalue weighted by molar-refractivity contribution is -0.666. The highest BCUT2D eigenvalue weighted by atomic mass is 15.2. The normalized spacial score (nSPS) is 11.0. The molecule has 2 heteroatoms. The first-order chi connectivity index (χ1) is 16.9. The fourth-order valence-electron chi connectivity index (χ4n) is 4.74. The van der Waals surface area contributed by atoms with Crippen LogP contribution >= 0.6 is 0 Å². The summed E-state index contributed by atoms with van der Waals surface area (Å²) in [6.07, 6.45) is 2.29. The van der Waals surface area contributed by atoms with Crippen LogP contribution in [0.1, 0.15) is 25.3 Å².